The summed E-state index contributed by atoms with van der Waals surface area (Å²) in [5.41, 5.74) is 0.688. The number of rotatable bonds is 5. The third kappa shape index (κ3) is 4.45. The normalized spacial score (nSPS) is 9.89. The quantitative estimate of drug-likeness (QED) is 0.791. The van der Waals surface area contributed by atoms with Crippen molar-refractivity contribution in [2.45, 2.75) is 12.8 Å². The smallest absolute Gasteiger partial charge is 0.306 e. The van der Waals surface area contributed by atoms with Gasteiger partial charge in [0.2, 0.25) is 0 Å². The number of esters is 1. The number of hydrogen-bond acceptors (Lipinski definition) is 4. The Balaban J connectivity index is 2.34. The monoisotopic (exact) mass is 251 g/mol. The number of nitrogens with zero attached hydrogens (tertiary/aromatic N) is 1. The van der Waals surface area contributed by atoms with Crippen LogP contribution in [0.5, 0.6) is 5.75 Å². The number of carbonyl (C=O) groups excluding carboxylic acids is 2. The minimum atomic E-state index is -0.451. The van der Waals surface area contributed by atoms with Crippen LogP contribution in [0.4, 0.5) is 0 Å². The van der Waals surface area contributed by atoms with E-state index in [9.17, 15) is 14.7 Å². The maximum atomic E-state index is 11.4. The SMILES string of the molecule is CN(C)C(=O)COC(=O)CCc1ccccc1O. The van der Waals surface area contributed by atoms with Crippen LogP contribution in [0.15, 0.2) is 24.3 Å². The molecule has 5 nitrogen and oxygen atoms in total. The lowest BCUT2D eigenvalue weighted by Gasteiger charge is -2.10. The Morgan fingerprint density at radius 2 is 1.94 bits per heavy atom. The highest BCUT2D eigenvalue weighted by Crippen LogP contribution is 2.17. The molecule has 0 fully saturated rings. The van der Waals surface area contributed by atoms with E-state index in [1.54, 1.807) is 38.4 Å². The van der Waals surface area contributed by atoms with Gasteiger partial charge in [0, 0.05) is 20.5 Å². The third-order valence-corrected chi connectivity index (χ3v) is 2.45. The van der Waals surface area contributed by atoms with Crippen LogP contribution in [-0.4, -0.2) is 42.6 Å². The number of likely N-dealkylation sites (N-methyl/N-ethyl adjacent to an activating group) is 1. The van der Waals surface area contributed by atoms with Gasteiger partial charge in [-0.1, -0.05) is 18.2 Å². The predicted octanol–water partition coefficient (Wildman–Crippen LogP) is 0.956. The highest BCUT2D eigenvalue weighted by atomic mass is 16.5. The maximum absolute atomic E-state index is 11.4. The number of ether oxygens (including phenoxy) is 1. The van der Waals surface area contributed by atoms with Gasteiger partial charge >= 0.3 is 5.97 Å². The van der Waals surface area contributed by atoms with Gasteiger partial charge in [-0.15, -0.1) is 0 Å². The number of carbonyl (C=O) groups is 2. The van der Waals surface area contributed by atoms with E-state index in [2.05, 4.69) is 0 Å². The first-order valence-electron chi connectivity index (χ1n) is 5.63. The lowest BCUT2D eigenvalue weighted by Crippen LogP contribution is -2.27. The van der Waals surface area contributed by atoms with E-state index < -0.39 is 5.97 Å². The van der Waals surface area contributed by atoms with Gasteiger partial charge in [-0.3, -0.25) is 9.59 Å². The summed E-state index contributed by atoms with van der Waals surface area (Å²) in [6.07, 6.45) is 0.528. The molecule has 0 bridgehead atoms. The lowest BCUT2D eigenvalue weighted by atomic mass is 10.1. The highest BCUT2D eigenvalue weighted by Gasteiger charge is 2.10. The minimum absolute atomic E-state index is 0.137. The first-order chi connectivity index (χ1) is 8.50. The van der Waals surface area contributed by atoms with E-state index in [0.717, 1.165) is 0 Å². The number of hydrogen-bond donors (Lipinski definition) is 1. The van der Waals surface area contributed by atoms with Gasteiger partial charge in [0.25, 0.3) is 5.91 Å². The molecule has 0 unspecified atom stereocenters. The van der Waals surface area contributed by atoms with Crippen molar-refractivity contribution in [2.75, 3.05) is 20.7 Å². The second-order valence-electron chi connectivity index (χ2n) is 4.08. The molecule has 1 amide bonds. The summed E-state index contributed by atoms with van der Waals surface area (Å²) >= 11 is 0. The third-order valence-electron chi connectivity index (χ3n) is 2.45. The molecule has 0 aliphatic heterocycles. The van der Waals surface area contributed by atoms with Gasteiger partial charge in [-0.2, -0.15) is 0 Å². The molecule has 0 saturated heterocycles. The number of phenolic OH excluding ortho intramolecular Hbond substituents is 1. The Morgan fingerprint density at radius 1 is 1.28 bits per heavy atom. The van der Waals surface area contributed by atoms with E-state index in [1.165, 1.54) is 4.90 Å². The second kappa shape index (κ2) is 6.64. The number of benzene rings is 1. The molecule has 0 atom stereocenters. The Hall–Kier alpha value is -2.04. The van der Waals surface area contributed by atoms with Crippen LogP contribution in [-0.2, 0) is 20.7 Å². The Kier molecular flexibility index (Phi) is 5.17. The molecular weight excluding hydrogens is 234 g/mol. The van der Waals surface area contributed by atoms with E-state index >= 15 is 0 Å². The molecule has 0 heterocycles. The largest absolute Gasteiger partial charge is 0.508 e. The highest BCUT2D eigenvalue weighted by molar-refractivity contribution is 5.80. The summed E-state index contributed by atoms with van der Waals surface area (Å²) < 4.78 is 4.81. The van der Waals surface area contributed by atoms with Gasteiger partial charge in [0.1, 0.15) is 5.75 Å². The molecule has 5 heteroatoms. The molecule has 0 aliphatic rings. The van der Waals surface area contributed by atoms with Gasteiger partial charge in [0.05, 0.1) is 0 Å². The molecular formula is C13H17NO4. The van der Waals surface area contributed by atoms with Crippen molar-refractivity contribution < 1.29 is 19.4 Å². The van der Waals surface area contributed by atoms with Gasteiger partial charge in [-0.25, -0.2) is 0 Å². The number of phenols is 1. The fourth-order valence-corrected chi connectivity index (χ4v) is 1.30. The van der Waals surface area contributed by atoms with Crippen molar-refractivity contribution in [2.24, 2.45) is 0 Å². The van der Waals surface area contributed by atoms with Crippen LogP contribution in [0.3, 0.4) is 0 Å². The average molecular weight is 251 g/mol. The molecule has 1 aromatic carbocycles. The van der Waals surface area contributed by atoms with E-state index in [-0.39, 0.29) is 24.7 Å². The van der Waals surface area contributed by atoms with Crippen molar-refractivity contribution in [1.29, 1.82) is 0 Å². The Labute approximate surface area is 106 Å². The van der Waals surface area contributed by atoms with E-state index in [4.69, 9.17) is 4.74 Å². The molecule has 0 radical (unpaired) electrons. The molecule has 0 aliphatic carbocycles. The number of aromatic hydroxyl groups is 1. The molecule has 18 heavy (non-hydrogen) atoms. The zero-order valence-corrected chi connectivity index (χ0v) is 10.5. The van der Waals surface area contributed by atoms with Gasteiger partial charge < -0.3 is 14.7 Å². The fourth-order valence-electron chi connectivity index (χ4n) is 1.30. The molecule has 0 spiro atoms. The molecule has 0 saturated carbocycles. The first-order valence-corrected chi connectivity index (χ1v) is 5.63. The summed E-state index contributed by atoms with van der Waals surface area (Å²) in [6, 6.07) is 6.81. The standard InChI is InChI=1S/C13H17NO4/c1-14(2)12(16)9-18-13(17)8-7-10-5-3-4-6-11(10)15/h3-6,15H,7-9H2,1-2H3. The van der Waals surface area contributed by atoms with E-state index in [1.807, 2.05) is 0 Å². The lowest BCUT2D eigenvalue weighted by molar-refractivity contribution is -0.151. The summed E-state index contributed by atoms with van der Waals surface area (Å²) in [5, 5.41) is 9.50. The summed E-state index contributed by atoms with van der Waals surface area (Å²) in [6.45, 7) is -0.243. The van der Waals surface area contributed by atoms with Crippen LogP contribution in [0.2, 0.25) is 0 Å². The first kappa shape index (κ1) is 14.0. The number of amides is 1. The molecule has 1 aromatic rings. The van der Waals surface area contributed by atoms with Gasteiger partial charge in [0.15, 0.2) is 6.61 Å². The number of aryl methyl sites for hydroxylation is 1. The van der Waals surface area contributed by atoms with Gasteiger partial charge in [-0.05, 0) is 18.1 Å². The van der Waals surface area contributed by atoms with Crippen LogP contribution >= 0.6 is 0 Å². The average Bonchev–Trinajstić information content (AvgIpc) is 2.34. The van der Waals surface area contributed by atoms with Crippen LogP contribution in [0.1, 0.15) is 12.0 Å². The van der Waals surface area contributed by atoms with Crippen molar-refractivity contribution in [3.8, 4) is 5.75 Å². The fraction of sp³-hybridized carbons (Fsp3) is 0.385. The second-order valence-corrected chi connectivity index (χ2v) is 4.08. The zero-order valence-electron chi connectivity index (χ0n) is 10.5. The molecule has 98 valence electrons. The Morgan fingerprint density at radius 3 is 2.56 bits per heavy atom. The molecule has 0 aromatic heterocycles. The topological polar surface area (TPSA) is 66.8 Å². The van der Waals surface area contributed by atoms with Crippen molar-refractivity contribution >= 4 is 11.9 Å². The molecule has 1 N–H and O–H groups in total. The summed E-state index contributed by atoms with van der Waals surface area (Å²) in [5.74, 6) is -0.547. The molecule has 1 rings (SSSR count). The van der Waals surface area contributed by atoms with Crippen molar-refractivity contribution in [3.05, 3.63) is 29.8 Å². The Bertz CT molecular complexity index is 429. The van der Waals surface area contributed by atoms with Crippen LogP contribution in [0, 0.1) is 0 Å². The van der Waals surface area contributed by atoms with Crippen LogP contribution < -0.4 is 0 Å². The van der Waals surface area contributed by atoms with Crippen molar-refractivity contribution in [3.63, 3.8) is 0 Å². The maximum Gasteiger partial charge on any atom is 0.306 e. The number of para-hydroxylation sites is 1. The zero-order chi connectivity index (χ0) is 13.5. The minimum Gasteiger partial charge on any atom is -0.508 e. The summed E-state index contributed by atoms with van der Waals surface area (Å²) in [7, 11) is 3.19. The summed E-state index contributed by atoms with van der Waals surface area (Å²) in [4.78, 5) is 23.9. The predicted molar refractivity (Wildman–Crippen MR) is 66.1 cm³/mol. The van der Waals surface area contributed by atoms with Crippen LogP contribution in [0.25, 0.3) is 0 Å². The van der Waals surface area contributed by atoms with Crippen molar-refractivity contribution in [1.82, 2.24) is 4.90 Å². The van der Waals surface area contributed by atoms with E-state index in [0.29, 0.717) is 12.0 Å².